The summed E-state index contributed by atoms with van der Waals surface area (Å²) in [7, 11) is 0. The summed E-state index contributed by atoms with van der Waals surface area (Å²) in [6, 6.07) is 3.94. The van der Waals surface area contributed by atoms with E-state index in [1.165, 1.54) is 32.1 Å². The monoisotopic (exact) mass is 195 g/mol. The zero-order valence-corrected chi connectivity index (χ0v) is 9.04. The molecule has 1 aromatic heterocycles. The quantitative estimate of drug-likeness (QED) is 0.675. The lowest BCUT2D eigenvalue weighted by Crippen LogP contribution is -2.08. The van der Waals surface area contributed by atoms with E-state index in [1.54, 1.807) is 6.26 Å². The van der Waals surface area contributed by atoms with Crippen LogP contribution in [0.15, 0.2) is 22.8 Å². The lowest BCUT2D eigenvalue weighted by molar-refractivity contribution is 0.439. The van der Waals surface area contributed by atoms with Gasteiger partial charge in [-0.15, -0.1) is 0 Å². The number of hydrogen-bond donors (Lipinski definition) is 1. The average Bonchev–Trinajstić information content (AvgIpc) is 2.70. The van der Waals surface area contributed by atoms with Gasteiger partial charge in [-0.2, -0.15) is 0 Å². The standard InChI is InChI=1S/C12H21NO/c1-2-3-4-5-6-8-11(13)12-9-7-10-14-12/h7,9-11H,2-6,8,13H2,1H3/t11-/m0/s1. The van der Waals surface area contributed by atoms with Crippen molar-refractivity contribution in [2.45, 2.75) is 51.5 Å². The van der Waals surface area contributed by atoms with Crippen LogP contribution in [0.3, 0.4) is 0 Å². The number of rotatable bonds is 7. The molecule has 0 amide bonds. The number of unbranched alkanes of at least 4 members (excludes halogenated alkanes) is 4. The largest absolute Gasteiger partial charge is 0.468 e. The van der Waals surface area contributed by atoms with E-state index in [1.807, 2.05) is 12.1 Å². The molecule has 0 radical (unpaired) electrons. The van der Waals surface area contributed by atoms with Crippen molar-refractivity contribution in [3.05, 3.63) is 24.2 Å². The van der Waals surface area contributed by atoms with Crippen molar-refractivity contribution in [2.75, 3.05) is 0 Å². The van der Waals surface area contributed by atoms with Crippen LogP contribution in [0.2, 0.25) is 0 Å². The molecule has 2 nitrogen and oxygen atoms in total. The summed E-state index contributed by atoms with van der Waals surface area (Å²) in [5.74, 6) is 0.917. The number of nitrogens with two attached hydrogens (primary N) is 1. The Labute approximate surface area is 86.5 Å². The van der Waals surface area contributed by atoms with E-state index in [-0.39, 0.29) is 6.04 Å². The molecule has 0 aromatic carbocycles. The zero-order valence-electron chi connectivity index (χ0n) is 9.04. The number of hydrogen-bond acceptors (Lipinski definition) is 2. The third kappa shape index (κ3) is 3.97. The van der Waals surface area contributed by atoms with Crippen LogP contribution in [0, 0.1) is 0 Å². The Morgan fingerprint density at radius 1 is 1.29 bits per heavy atom. The van der Waals surface area contributed by atoms with Gasteiger partial charge in [-0.25, -0.2) is 0 Å². The molecular weight excluding hydrogens is 174 g/mol. The third-order valence-electron chi connectivity index (χ3n) is 2.53. The van der Waals surface area contributed by atoms with Crippen molar-refractivity contribution in [1.82, 2.24) is 0 Å². The van der Waals surface area contributed by atoms with E-state index in [0.29, 0.717) is 0 Å². The van der Waals surface area contributed by atoms with Gasteiger partial charge >= 0.3 is 0 Å². The van der Waals surface area contributed by atoms with Gasteiger partial charge in [-0.3, -0.25) is 0 Å². The molecule has 2 N–H and O–H groups in total. The second kappa shape index (κ2) is 6.66. The van der Waals surface area contributed by atoms with Crippen LogP contribution >= 0.6 is 0 Å². The predicted molar refractivity (Wildman–Crippen MR) is 59.0 cm³/mol. The van der Waals surface area contributed by atoms with Crippen LogP contribution in [-0.4, -0.2) is 0 Å². The van der Waals surface area contributed by atoms with Crippen molar-refractivity contribution in [1.29, 1.82) is 0 Å². The summed E-state index contributed by atoms with van der Waals surface area (Å²) in [6.45, 7) is 2.23. The summed E-state index contributed by atoms with van der Waals surface area (Å²) in [6.07, 6.45) is 9.20. The lowest BCUT2D eigenvalue weighted by Gasteiger charge is -2.07. The molecule has 1 rings (SSSR count). The summed E-state index contributed by atoms with van der Waals surface area (Å²) in [4.78, 5) is 0. The molecule has 14 heavy (non-hydrogen) atoms. The van der Waals surface area contributed by atoms with Crippen LogP contribution in [0.4, 0.5) is 0 Å². The van der Waals surface area contributed by atoms with Gasteiger partial charge in [0, 0.05) is 0 Å². The van der Waals surface area contributed by atoms with Gasteiger partial charge in [-0.1, -0.05) is 39.0 Å². The average molecular weight is 195 g/mol. The normalized spacial score (nSPS) is 13.0. The first-order valence-electron chi connectivity index (χ1n) is 5.63. The fourth-order valence-electron chi connectivity index (χ4n) is 1.61. The van der Waals surface area contributed by atoms with Crippen LogP contribution < -0.4 is 5.73 Å². The second-order valence-electron chi connectivity index (χ2n) is 3.82. The Morgan fingerprint density at radius 3 is 2.71 bits per heavy atom. The minimum atomic E-state index is 0.0895. The molecule has 0 spiro atoms. The first-order chi connectivity index (χ1) is 6.84. The highest BCUT2D eigenvalue weighted by atomic mass is 16.3. The van der Waals surface area contributed by atoms with E-state index in [4.69, 9.17) is 10.2 Å². The summed E-state index contributed by atoms with van der Waals surface area (Å²) >= 11 is 0. The molecule has 2 heteroatoms. The Hall–Kier alpha value is -0.760. The molecule has 1 atom stereocenters. The van der Waals surface area contributed by atoms with Gasteiger partial charge in [0.2, 0.25) is 0 Å². The molecule has 0 aliphatic carbocycles. The first kappa shape index (κ1) is 11.3. The topological polar surface area (TPSA) is 39.2 Å². The maximum Gasteiger partial charge on any atom is 0.120 e. The van der Waals surface area contributed by atoms with E-state index >= 15 is 0 Å². The molecule has 0 saturated heterocycles. The van der Waals surface area contributed by atoms with Crippen LogP contribution in [-0.2, 0) is 0 Å². The van der Waals surface area contributed by atoms with Gasteiger partial charge in [0.05, 0.1) is 12.3 Å². The molecule has 1 aromatic rings. The molecule has 0 aliphatic heterocycles. The molecule has 0 aliphatic rings. The smallest absolute Gasteiger partial charge is 0.120 e. The third-order valence-corrected chi connectivity index (χ3v) is 2.53. The van der Waals surface area contributed by atoms with E-state index in [9.17, 15) is 0 Å². The molecule has 1 heterocycles. The molecule has 0 saturated carbocycles. The fraction of sp³-hybridized carbons (Fsp3) is 0.667. The fourth-order valence-corrected chi connectivity index (χ4v) is 1.61. The summed E-state index contributed by atoms with van der Waals surface area (Å²) in [5, 5.41) is 0. The van der Waals surface area contributed by atoms with E-state index in [0.717, 1.165) is 12.2 Å². The minimum absolute atomic E-state index is 0.0895. The predicted octanol–water partition coefficient (Wildman–Crippen LogP) is 3.64. The van der Waals surface area contributed by atoms with Gasteiger partial charge in [-0.05, 0) is 18.6 Å². The first-order valence-corrected chi connectivity index (χ1v) is 5.63. The molecular formula is C12H21NO. The Balaban J connectivity index is 2.07. The molecule has 0 bridgehead atoms. The highest BCUT2D eigenvalue weighted by Crippen LogP contribution is 2.17. The zero-order chi connectivity index (χ0) is 10.2. The van der Waals surface area contributed by atoms with Crippen molar-refractivity contribution < 1.29 is 4.42 Å². The lowest BCUT2D eigenvalue weighted by atomic mass is 10.1. The Morgan fingerprint density at radius 2 is 2.07 bits per heavy atom. The van der Waals surface area contributed by atoms with Crippen molar-refractivity contribution >= 4 is 0 Å². The van der Waals surface area contributed by atoms with Crippen molar-refractivity contribution in [2.24, 2.45) is 5.73 Å². The van der Waals surface area contributed by atoms with Crippen LogP contribution in [0.1, 0.15) is 57.3 Å². The highest BCUT2D eigenvalue weighted by molar-refractivity contribution is 5.02. The summed E-state index contributed by atoms with van der Waals surface area (Å²) < 4.78 is 5.25. The van der Waals surface area contributed by atoms with Gasteiger partial charge in [0.15, 0.2) is 0 Å². The van der Waals surface area contributed by atoms with Gasteiger partial charge in [0.1, 0.15) is 5.76 Å². The van der Waals surface area contributed by atoms with Crippen LogP contribution in [0.5, 0.6) is 0 Å². The van der Waals surface area contributed by atoms with Crippen molar-refractivity contribution in [3.8, 4) is 0 Å². The highest BCUT2D eigenvalue weighted by Gasteiger charge is 2.07. The second-order valence-corrected chi connectivity index (χ2v) is 3.82. The summed E-state index contributed by atoms with van der Waals surface area (Å²) in [5.41, 5.74) is 5.96. The molecule has 80 valence electrons. The maximum atomic E-state index is 5.96. The van der Waals surface area contributed by atoms with Gasteiger partial charge < -0.3 is 10.2 Å². The van der Waals surface area contributed by atoms with Crippen molar-refractivity contribution in [3.63, 3.8) is 0 Å². The maximum absolute atomic E-state index is 5.96. The Kier molecular flexibility index (Phi) is 5.38. The van der Waals surface area contributed by atoms with E-state index in [2.05, 4.69) is 6.92 Å². The van der Waals surface area contributed by atoms with E-state index < -0.39 is 0 Å². The SMILES string of the molecule is CCCCCCC[C@H](N)c1ccco1. The van der Waals surface area contributed by atoms with Gasteiger partial charge in [0.25, 0.3) is 0 Å². The van der Waals surface area contributed by atoms with Crippen LogP contribution in [0.25, 0.3) is 0 Å². The molecule has 0 unspecified atom stereocenters. The minimum Gasteiger partial charge on any atom is -0.468 e. The number of furan rings is 1. The molecule has 0 fully saturated rings. The Bertz CT molecular complexity index is 218.